The van der Waals surface area contributed by atoms with Crippen molar-refractivity contribution < 1.29 is 9.53 Å². The van der Waals surface area contributed by atoms with Gasteiger partial charge in [0.1, 0.15) is 5.75 Å². The van der Waals surface area contributed by atoms with E-state index in [0.29, 0.717) is 5.75 Å². The van der Waals surface area contributed by atoms with E-state index in [9.17, 15) is 4.79 Å². The summed E-state index contributed by atoms with van der Waals surface area (Å²) in [7, 11) is 0. The average Bonchev–Trinajstić information content (AvgIpc) is 2.44. The SMILES string of the molecule is CCC(CC)NC(=O)C(C)Oc1cc(C)ccc1[C@H](C)N. The fourth-order valence-electron chi connectivity index (χ4n) is 2.18. The Morgan fingerprint density at radius 3 is 2.43 bits per heavy atom. The summed E-state index contributed by atoms with van der Waals surface area (Å²) in [4.78, 5) is 12.2. The Morgan fingerprint density at radius 1 is 1.29 bits per heavy atom. The van der Waals surface area contributed by atoms with Gasteiger partial charge < -0.3 is 15.8 Å². The highest BCUT2D eigenvalue weighted by atomic mass is 16.5. The number of nitrogens with two attached hydrogens (primary N) is 1. The van der Waals surface area contributed by atoms with Gasteiger partial charge in [-0.05, 0) is 45.2 Å². The number of hydrogen-bond donors (Lipinski definition) is 2. The van der Waals surface area contributed by atoms with Crippen molar-refractivity contribution in [3.05, 3.63) is 29.3 Å². The van der Waals surface area contributed by atoms with E-state index >= 15 is 0 Å². The van der Waals surface area contributed by atoms with Crippen LogP contribution in [0.4, 0.5) is 0 Å². The summed E-state index contributed by atoms with van der Waals surface area (Å²) in [5.74, 6) is 0.609. The maximum Gasteiger partial charge on any atom is 0.260 e. The van der Waals surface area contributed by atoms with Gasteiger partial charge in [-0.1, -0.05) is 26.0 Å². The van der Waals surface area contributed by atoms with Crippen LogP contribution in [-0.4, -0.2) is 18.1 Å². The van der Waals surface area contributed by atoms with E-state index in [1.165, 1.54) is 0 Å². The number of amides is 1. The maximum absolute atomic E-state index is 12.2. The predicted molar refractivity (Wildman–Crippen MR) is 86.4 cm³/mol. The minimum Gasteiger partial charge on any atom is -0.481 e. The molecule has 3 N–H and O–H groups in total. The molecular formula is C17H28N2O2. The first-order valence-corrected chi connectivity index (χ1v) is 7.72. The summed E-state index contributed by atoms with van der Waals surface area (Å²) in [6.07, 6.45) is 1.31. The molecule has 1 aromatic carbocycles. The summed E-state index contributed by atoms with van der Waals surface area (Å²) in [6.45, 7) is 9.80. The van der Waals surface area contributed by atoms with Crippen molar-refractivity contribution in [2.24, 2.45) is 5.73 Å². The number of aryl methyl sites for hydroxylation is 1. The summed E-state index contributed by atoms with van der Waals surface area (Å²) in [5.41, 5.74) is 7.96. The molecule has 4 heteroatoms. The summed E-state index contributed by atoms with van der Waals surface area (Å²) in [6, 6.07) is 5.96. The lowest BCUT2D eigenvalue weighted by atomic mass is 10.1. The summed E-state index contributed by atoms with van der Waals surface area (Å²) < 4.78 is 5.85. The number of nitrogens with one attached hydrogen (secondary N) is 1. The lowest BCUT2D eigenvalue weighted by Crippen LogP contribution is -2.42. The third kappa shape index (κ3) is 5.05. The van der Waals surface area contributed by atoms with Crippen LogP contribution in [0.3, 0.4) is 0 Å². The second-order valence-electron chi connectivity index (χ2n) is 5.61. The van der Waals surface area contributed by atoms with E-state index in [-0.39, 0.29) is 18.0 Å². The lowest BCUT2D eigenvalue weighted by Gasteiger charge is -2.21. The third-order valence-electron chi connectivity index (χ3n) is 3.66. The van der Waals surface area contributed by atoms with Crippen molar-refractivity contribution in [2.45, 2.75) is 65.6 Å². The number of ether oxygens (including phenoxy) is 1. The Hall–Kier alpha value is -1.55. The first-order chi connectivity index (χ1) is 9.88. The molecule has 118 valence electrons. The molecule has 1 aromatic rings. The molecule has 1 unspecified atom stereocenters. The van der Waals surface area contributed by atoms with Crippen molar-refractivity contribution in [2.75, 3.05) is 0 Å². The second kappa shape index (κ2) is 8.03. The molecule has 1 amide bonds. The van der Waals surface area contributed by atoms with Crippen LogP contribution in [0.1, 0.15) is 57.7 Å². The molecule has 0 spiro atoms. The highest BCUT2D eigenvalue weighted by Gasteiger charge is 2.19. The van der Waals surface area contributed by atoms with Crippen molar-refractivity contribution in [1.29, 1.82) is 0 Å². The Morgan fingerprint density at radius 2 is 1.90 bits per heavy atom. The highest BCUT2D eigenvalue weighted by molar-refractivity contribution is 5.81. The Kier molecular flexibility index (Phi) is 6.69. The van der Waals surface area contributed by atoms with E-state index in [1.807, 2.05) is 32.0 Å². The summed E-state index contributed by atoms with van der Waals surface area (Å²) in [5, 5.41) is 3.00. The zero-order valence-corrected chi connectivity index (χ0v) is 13.8. The van der Waals surface area contributed by atoms with E-state index in [0.717, 1.165) is 24.0 Å². The van der Waals surface area contributed by atoms with Crippen molar-refractivity contribution in [3.8, 4) is 5.75 Å². The smallest absolute Gasteiger partial charge is 0.260 e. The molecule has 0 aromatic heterocycles. The van der Waals surface area contributed by atoms with Gasteiger partial charge in [-0.15, -0.1) is 0 Å². The van der Waals surface area contributed by atoms with Crippen LogP contribution in [0.25, 0.3) is 0 Å². The molecule has 0 bridgehead atoms. The quantitative estimate of drug-likeness (QED) is 0.811. The number of carbonyl (C=O) groups excluding carboxylic acids is 1. The van der Waals surface area contributed by atoms with Crippen molar-refractivity contribution >= 4 is 5.91 Å². The van der Waals surface area contributed by atoms with Gasteiger partial charge >= 0.3 is 0 Å². The van der Waals surface area contributed by atoms with Crippen LogP contribution >= 0.6 is 0 Å². The molecule has 0 heterocycles. The van der Waals surface area contributed by atoms with Gasteiger partial charge in [0, 0.05) is 17.6 Å². The van der Waals surface area contributed by atoms with E-state index in [1.54, 1.807) is 6.92 Å². The van der Waals surface area contributed by atoms with Crippen LogP contribution in [0.2, 0.25) is 0 Å². The van der Waals surface area contributed by atoms with Gasteiger partial charge in [-0.2, -0.15) is 0 Å². The van der Waals surface area contributed by atoms with Gasteiger partial charge in [0.2, 0.25) is 0 Å². The molecule has 1 rings (SSSR count). The second-order valence-corrected chi connectivity index (χ2v) is 5.61. The molecule has 0 aliphatic carbocycles. The van der Waals surface area contributed by atoms with Crippen LogP contribution in [0.5, 0.6) is 5.75 Å². The van der Waals surface area contributed by atoms with Gasteiger partial charge in [-0.25, -0.2) is 0 Å². The normalized spacial score (nSPS) is 13.9. The predicted octanol–water partition coefficient (Wildman–Crippen LogP) is 3.09. The highest BCUT2D eigenvalue weighted by Crippen LogP contribution is 2.26. The standard InChI is InChI=1S/C17H28N2O2/c1-6-14(7-2)19-17(20)13(5)21-16-10-11(3)8-9-15(16)12(4)18/h8-10,12-14H,6-7,18H2,1-5H3,(H,19,20)/t12-,13?/m0/s1. The van der Waals surface area contributed by atoms with E-state index < -0.39 is 6.10 Å². The van der Waals surface area contributed by atoms with Crippen LogP contribution in [0, 0.1) is 6.92 Å². The molecule has 0 saturated heterocycles. The van der Waals surface area contributed by atoms with Gasteiger partial charge in [0.15, 0.2) is 6.10 Å². The zero-order valence-electron chi connectivity index (χ0n) is 13.8. The molecule has 21 heavy (non-hydrogen) atoms. The molecule has 0 aliphatic rings. The molecule has 0 saturated carbocycles. The fraction of sp³-hybridized carbons (Fsp3) is 0.588. The van der Waals surface area contributed by atoms with Crippen LogP contribution < -0.4 is 15.8 Å². The first-order valence-electron chi connectivity index (χ1n) is 7.72. The summed E-state index contributed by atoms with van der Waals surface area (Å²) >= 11 is 0. The minimum absolute atomic E-state index is 0.0826. The molecule has 0 radical (unpaired) electrons. The lowest BCUT2D eigenvalue weighted by molar-refractivity contribution is -0.128. The Bertz CT molecular complexity index is 468. The van der Waals surface area contributed by atoms with Gasteiger partial charge in [0.25, 0.3) is 5.91 Å². The minimum atomic E-state index is -0.537. The van der Waals surface area contributed by atoms with Crippen LogP contribution in [-0.2, 0) is 4.79 Å². The molecule has 0 fully saturated rings. The van der Waals surface area contributed by atoms with Gasteiger partial charge in [-0.3, -0.25) is 4.79 Å². The number of hydrogen-bond acceptors (Lipinski definition) is 3. The third-order valence-corrected chi connectivity index (χ3v) is 3.66. The zero-order chi connectivity index (χ0) is 16.0. The Labute approximate surface area is 128 Å². The number of rotatable bonds is 7. The van der Waals surface area contributed by atoms with E-state index in [4.69, 9.17) is 10.5 Å². The first kappa shape index (κ1) is 17.5. The number of benzene rings is 1. The largest absolute Gasteiger partial charge is 0.481 e. The fourth-order valence-corrected chi connectivity index (χ4v) is 2.18. The molecule has 4 nitrogen and oxygen atoms in total. The molecular weight excluding hydrogens is 264 g/mol. The molecule has 0 aliphatic heterocycles. The topological polar surface area (TPSA) is 64.3 Å². The monoisotopic (exact) mass is 292 g/mol. The number of carbonyl (C=O) groups is 1. The molecule has 2 atom stereocenters. The van der Waals surface area contributed by atoms with Crippen LogP contribution in [0.15, 0.2) is 18.2 Å². The van der Waals surface area contributed by atoms with Crippen molar-refractivity contribution in [3.63, 3.8) is 0 Å². The average molecular weight is 292 g/mol. The van der Waals surface area contributed by atoms with E-state index in [2.05, 4.69) is 19.2 Å². The van der Waals surface area contributed by atoms with Crippen molar-refractivity contribution in [1.82, 2.24) is 5.32 Å². The Balaban J connectivity index is 2.80. The van der Waals surface area contributed by atoms with Gasteiger partial charge in [0.05, 0.1) is 0 Å². The maximum atomic E-state index is 12.2.